The summed E-state index contributed by atoms with van der Waals surface area (Å²) in [7, 11) is 0. The second kappa shape index (κ2) is 16.7. The van der Waals surface area contributed by atoms with Crippen LogP contribution in [0.5, 0.6) is 0 Å². The maximum Gasteiger partial charge on any atom is 2.00 e. The monoisotopic (exact) mass is 216 g/mol. The fourth-order valence-corrected chi connectivity index (χ4v) is 0.743. The van der Waals surface area contributed by atoms with E-state index in [0.29, 0.717) is 0 Å². The topological polar surface area (TPSA) is 0 Å². The molecule has 58 valence electrons. The Bertz CT molecular complexity index is 34.2. The van der Waals surface area contributed by atoms with E-state index >= 15 is 0 Å². The van der Waals surface area contributed by atoms with Crippen LogP contribution in [0.25, 0.3) is 0 Å². The molecule has 10 heavy (non-hydrogen) atoms. The van der Waals surface area contributed by atoms with Crippen LogP contribution in [0.1, 0.15) is 46.0 Å². The number of hydrogen-bond donors (Lipinski definition) is 0. The normalized spacial score (nSPS) is 7.80. The molecule has 0 amide bonds. The second-order valence-electron chi connectivity index (χ2n) is 2.19. The molecule has 0 atom stereocenters. The van der Waals surface area contributed by atoms with E-state index in [2.05, 4.69) is 20.3 Å². The van der Waals surface area contributed by atoms with Crippen LogP contribution < -0.4 is 17.0 Å². The Morgan fingerprint density at radius 1 is 1.10 bits per heavy atom. The second-order valence-corrected chi connectivity index (χ2v) is 2.19. The van der Waals surface area contributed by atoms with Crippen molar-refractivity contribution in [1.29, 1.82) is 0 Å². The van der Waals surface area contributed by atoms with Gasteiger partial charge in [-0.1, -0.05) is 33.1 Å². The maximum atomic E-state index is 2.36. The third-order valence-electron chi connectivity index (χ3n) is 1.30. The Hall–Kier alpha value is 1.25. The number of unbranched alkanes of at least 4 members (excludes halogenated alkanes) is 5. The quantitative estimate of drug-likeness (QED) is 0.340. The summed E-state index contributed by atoms with van der Waals surface area (Å²) in [6.45, 7) is 4.44. The summed E-state index contributed by atoms with van der Waals surface area (Å²) < 4.78 is 0. The van der Waals surface area contributed by atoms with Crippen molar-refractivity contribution < 1.29 is 17.0 Å². The van der Waals surface area contributed by atoms with Crippen molar-refractivity contribution >= 4 is 23.1 Å². The van der Waals surface area contributed by atoms with E-state index in [1.165, 1.54) is 32.1 Å². The Labute approximate surface area is 92.1 Å². The molecule has 0 radical (unpaired) electrons. The molecule has 0 saturated carbocycles. The van der Waals surface area contributed by atoms with Gasteiger partial charge in [-0.2, -0.15) is 12.8 Å². The fraction of sp³-hybridized carbons (Fsp3) is 0.875. The van der Waals surface area contributed by atoms with Gasteiger partial charge in [-0.3, -0.25) is 0 Å². The summed E-state index contributed by atoms with van der Waals surface area (Å²) in [5.74, 6) is 0. The van der Waals surface area contributed by atoms with Gasteiger partial charge in [-0.15, -0.1) is 0 Å². The Balaban J connectivity index is -0.000000245. The minimum atomic E-state index is 0. The Morgan fingerprint density at radius 2 is 1.70 bits per heavy atom. The maximum absolute atomic E-state index is 2.36. The van der Waals surface area contributed by atoms with Gasteiger partial charge in [0.1, 0.15) is 0 Å². The zero-order valence-electron chi connectivity index (χ0n) is 7.20. The van der Waals surface area contributed by atoms with E-state index in [1.54, 1.807) is 0 Å². The zero-order chi connectivity index (χ0) is 6.24. The standard InChI is InChI=1S/C8H17.BrH.Mg/c1-3-5-7-8-6-4-2;;/h5H,3-4,6-8H2,1-2H3;1H;/q-1;;+2/p-1. The molecule has 0 aliphatic carbocycles. The summed E-state index contributed by atoms with van der Waals surface area (Å²) in [5.41, 5.74) is 0. The van der Waals surface area contributed by atoms with E-state index < -0.39 is 0 Å². The van der Waals surface area contributed by atoms with Gasteiger partial charge in [0.2, 0.25) is 0 Å². The van der Waals surface area contributed by atoms with E-state index in [4.69, 9.17) is 0 Å². The molecule has 0 rings (SSSR count). The summed E-state index contributed by atoms with van der Waals surface area (Å²) in [4.78, 5) is 0. The molecule has 0 unspecified atom stereocenters. The van der Waals surface area contributed by atoms with Crippen molar-refractivity contribution in [1.82, 2.24) is 0 Å². The van der Waals surface area contributed by atoms with Crippen LogP contribution >= 0.6 is 0 Å². The molecule has 0 spiro atoms. The van der Waals surface area contributed by atoms with Crippen LogP contribution in [0.3, 0.4) is 0 Å². The van der Waals surface area contributed by atoms with Gasteiger partial charge in [0.25, 0.3) is 0 Å². The number of hydrogen-bond acceptors (Lipinski definition) is 0. The number of rotatable bonds is 5. The Morgan fingerprint density at radius 3 is 2.10 bits per heavy atom. The summed E-state index contributed by atoms with van der Waals surface area (Å²) in [6, 6.07) is 0. The van der Waals surface area contributed by atoms with Gasteiger partial charge in [-0.25, -0.2) is 0 Å². The molecule has 0 saturated heterocycles. The molecule has 0 aliphatic heterocycles. The van der Waals surface area contributed by atoms with Gasteiger partial charge < -0.3 is 23.4 Å². The first-order chi connectivity index (χ1) is 3.91. The first-order valence-electron chi connectivity index (χ1n) is 3.73. The molecule has 2 heteroatoms. The Kier molecular flexibility index (Phi) is 29.0. The van der Waals surface area contributed by atoms with Crippen molar-refractivity contribution in [2.75, 3.05) is 0 Å². The van der Waals surface area contributed by atoms with Crippen LogP contribution in [-0.2, 0) is 0 Å². The average molecular weight is 217 g/mol. The molecule has 0 aliphatic rings. The van der Waals surface area contributed by atoms with Crippen LogP contribution in [0.4, 0.5) is 0 Å². The van der Waals surface area contributed by atoms with Crippen LogP contribution in [-0.4, -0.2) is 23.1 Å². The fourth-order valence-electron chi connectivity index (χ4n) is 0.743. The molecule has 0 aromatic rings. The van der Waals surface area contributed by atoms with Crippen molar-refractivity contribution in [2.24, 2.45) is 0 Å². The molecule has 0 aromatic carbocycles. The predicted octanol–water partition coefficient (Wildman–Crippen LogP) is -0.196. The van der Waals surface area contributed by atoms with E-state index in [0.717, 1.165) is 0 Å². The van der Waals surface area contributed by atoms with E-state index in [1.807, 2.05) is 0 Å². The van der Waals surface area contributed by atoms with Crippen LogP contribution in [0.2, 0.25) is 0 Å². The van der Waals surface area contributed by atoms with Crippen molar-refractivity contribution in [3.63, 3.8) is 0 Å². The van der Waals surface area contributed by atoms with Gasteiger partial charge in [0, 0.05) is 0 Å². The predicted molar refractivity (Wildman–Crippen MR) is 44.5 cm³/mol. The van der Waals surface area contributed by atoms with Crippen molar-refractivity contribution in [3.8, 4) is 0 Å². The molecular weight excluding hydrogens is 200 g/mol. The summed E-state index contributed by atoms with van der Waals surface area (Å²) >= 11 is 0. The molecule has 0 nitrogen and oxygen atoms in total. The van der Waals surface area contributed by atoms with Crippen molar-refractivity contribution in [3.05, 3.63) is 6.42 Å². The average Bonchev–Trinajstić information content (AvgIpc) is 1.81. The van der Waals surface area contributed by atoms with Gasteiger partial charge >= 0.3 is 23.1 Å². The summed E-state index contributed by atoms with van der Waals surface area (Å²) in [5, 5.41) is 0. The molecule has 0 heterocycles. The van der Waals surface area contributed by atoms with Gasteiger partial charge in [-0.05, 0) is 0 Å². The molecule has 0 fully saturated rings. The molecule has 0 bridgehead atoms. The van der Waals surface area contributed by atoms with Crippen molar-refractivity contribution in [2.45, 2.75) is 46.0 Å². The van der Waals surface area contributed by atoms with Gasteiger partial charge in [0.15, 0.2) is 0 Å². The first kappa shape index (κ1) is 17.4. The SMILES string of the molecule is CC[CH-]CCCCC.[Br-].[Mg+2]. The molecule has 0 aromatic heterocycles. The molecular formula is C8H17BrMg. The summed E-state index contributed by atoms with van der Waals surface area (Å²) in [6.07, 6.45) is 9.06. The van der Waals surface area contributed by atoms with Crippen LogP contribution in [0.15, 0.2) is 0 Å². The smallest absolute Gasteiger partial charge is 1.00 e. The third kappa shape index (κ3) is 16.1. The number of halogens is 1. The van der Waals surface area contributed by atoms with E-state index in [9.17, 15) is 0 Å². The minimum Gasteiger partial charge on any atom is -1.00 e. The zero-order valence-corrected chi connectivity index (χ0v) is 10.2. The van der Waals surface area contributed by atoms with Crippen LogP contribution in [0, 0.1) is 6.42 Å². The minimum absolute atomic E-state index is 0. The third-order valence-corrected chi connectivity index (χ3v) is 1.30. The van der Waals surface area contributed by atoms with E-state index in [-0.39, 0.29) is 40.0 Å². The first-order valence-corrected chi connectivity index (χ1v) is 3.73. The van der Waals surface area contributed by atoms with Gasteiger partial charge in [0.05, 0.1) is 0 Å². The largest absolute Gasteiger partial charge is 2.00 e. The molecule has 0 N–H and O–H groups in total.